The molecule has 0 saturated heterocycles. The Labute approximate surface area is 146 Å². The second-order valence-electron chi connectivity index (χ2n) is 5.25. The summed E-state index contributed by atoms with van der Waals surface area (Å²) in [5, 5.41) is 0. The molecule has 2 aromatic rings. The van der Waals surface area contributed by atoms with Crippen LogP contribution in [0.2, 0.25) is 0 Å². The third-order valence-corrected chi connectivity index (χ3v) is 5.94. The van der Waals surface area contributed by atoms with Crippen LogP contribution < -0.4 is 9.04 Å². The van der Waals surface area contributed by atoms with Gasteiger partial charge in [-0.2, -0.15) is 0 Å². The number of anilines is 1. The van der Waals surface area contributed by atoms with Crippen molar-refractivity contribution >= 4 is 42.3 Å². The third kappa shape index (κ3) is 2.84. The largest absolute Gasteiger partial charge is 0.495 e. The Morgan fingerprint density at radius 2 is 2.09 bits per heavy atom. The van der Waals surface area contributed by atoms with Crippen LogP contribution in [-0.4, -0.2) is 19.9 Å². The molecule has 0 aromatic heterocycles. The highest BCUT2D eigenvalue weighted by Crippen LogP contribution is 2.49. The molecule has 0 radical (unpaired) electrons. The van der Waals surface area contributed by atoms with Crippen molar-refractivity contribution in [1.82, 2.24) is 0 Å². The van der Waals surface area contributed by atoms with Gasteiger partial charge in [-0.05, 0) is 29.7 Å². The van der Waals surface area contributed by atoms with Crippen molar-refractivity contribution in [2.75, 3.05) is 18.0 Å². The van der Waals surface area contributed by atoms with Crippen molar-refractivity contribution < 1.29 is 9.53 Å². The minimum atomic E-state index is 0.301. The first-order valence-corrected chi connectivity index (χ1v) is 10.4. The fourth-order valence-electron chi connectivity index (χ4n) is 3.07. The van der Waals surface area contributed by atoms with Crippen LogP contribution in [0.3, 0.4) is 0 Å². The SMILES string of the molecule is COc1ccc(C=O)c2c1N(SI)C[C@@H]2Cc1ccccc1. The lowest BCUT2D eigenvalue weighted by Crippen LogP contribution is -2.13. The van der Waals surface area contributed by atoms with Crippen molar-refractivity contribution in [2.24, 2.45) is 0 Å². The van der Waals surface area contributed by atoms with Gasteiger partial charge < -0.3 is 9.04 Å². The Morgan fingerprint density at radius 3 is 2.73 bits per heavy atom. The first kappa shape index (κ1) is 15.7. The molecular formula is C17H16INO2S. The van der Waals surface area contributed by atoms with Gasteiger partial charge in [0.2, 0.25) is 0 Å². The van der Waals surface area contributed by atoms with Crippen LogP contribution >= 0.6 is 30.3 Å². The number of carbonyl (C=O) groups is 1. The Morgan fingerprint density at radius 1 is 1.32 bits per heavy atom. The molecule has 3 rings (SSSR count). The summed E-state index contributed by atoms with van der Waals surface area (Å²) in [6.45, 7) is 0.888. The van der Waals surface area contributed by atoms with E-state index in [1.54, 1.807) is 16.2 Å². The average molecular weight is 425 g/mol. The van der Waals surface area contributed by atoms with Gasteiger partial charge in [0.1, 0.15) is 12.0 Å². The Hall–Kier alpha value is -1.21. The smallest absolute Gasteiger partial charge is 0.150 e. The maximum absolute atomic E-state index is 11.5. The number of methoxy groups -OCH3 is 1. The molecule has 0 bridgehead atoms. The maximum Gasteiger partial charge on any atom is 0.150 e. The van der Waals surface area contributed by atoms with Crippen molar-refractivity contribution in [3.8, 4) is 5.75 Å². The summed E-state index contributed by atoms with van der Waals surface area (Å²) in [7, 11) is 3.32. The van der Waals surface area contributed by atoms with Gasteiger partial charge in [0, 0.05) is 48.4 Å². The van der Waals surface area contributed by atoms with Gasteiger partial charge in [0.05, 0.1) is 12.8 Å². The van der Waals surface area contributed by atoms with Gasteiger partial charge >= 0.3 is 0 Å². The number of fused-ring (bicyclic) bond motifs is 1. The van der Waals surface area contributed by atoms with Crippen LogP contribution in [0, 0.1) is 0 Å². The number of rotatable bonds is 5. The van der Waals surface area contributed by atoms with E-state index in [9.17, 15) is 4.79 Å². The topological polar surface area (TPSA) is 29.5 Å². The lowest BCUT2D eigenvalue weighted by Gasteiger charge is -2.17. The highest BCUT2D eigenvalue weighted by Gasteiger charge is 2.34. The maximum atomic E-state index is 11.5. The molecule has 114 valence electrons. The molecule has 0 aliphatic carbocycles. The van der Waals surface area contributed by atoms with E-state index >= 15 is 0 Å². The van der Waals surface area contributed by atoms with Gasteiger partial charge in [0.15, 0.2) is 0 Å². The van der Waals surface area contributed by atoms with E-state index in [0.29, 0.717) is 5.92 Å². The Bertz CT molecular complexity index is 678. The van der Waals surface area contributed by atoms with Crippen LogP contribution in [0.4, 0.5) is 5.69 Å². The fourth-order valence-corrected chi connectivity index (χ4v) is 4.63. The molecule has 0 unspecified atom stereocenters. The van der Waals surface area contributed by atoms with Crippen molar-refractivity contribution in [1.29, 1.82) is 0 Å². The quantitative estimate of drug-likeness (QED) is 0.396. The van der Waals surface area contributed by atoms with Crippen LogP contribution in [-0.2, 0) is 6.42 Å². The standard InChI is InChI=1S/C17H16INO2S/c1-21-15-8-7-13(11-20)16-14(10-19(22-18)17(15)16)9-12-5-3-2-4-6-12/h2-8,11,14H,9-10H2,1H3/t14-/m0/s1. The Kier molecular flexibility index (Phi) is 4.93. The number of benzene rings is 2. The summed E-state index contributed by atoms with van der Waals surface area (Å²) in [6, 6.07) is 14.2. The van der Waals surface area contributed by atoms with Gasteiger partial charge in [-0.3, -0.25) is 4.79 Å². The zero-order valence-corrected chi connectivity index (χ0v) is 15.1. The minimum Gasteiger partial charge on any atom is -0.495 e. The average Bonchev–Trinajstić information content (AvgIpc) is 2.94. The van der Waals surface area contributed by atoms with E-state index in [1.807, 2.05) is 18.2 Å². The molecule has 3 nitrogen and oxygen atoms in total. The molecule has 5 heteroatoms. The number of nitrogens with zero attached hydrogens (tertiary/aromatic N) is 1. The highest BCUT2D eigenvalue weighted by atomic mass is 127. The summed E-state index contributed by atoms with van der Waals surface area (Å²) in [4.78, 5) is 11.5. The van der Waals surface area contributed by atoms with Crippen molar-refractivity contribution in [2.45, 2.75) is 12.3 Å². The highest BCUT2D eigenvalue weighted by molar-refractivity contribution is 14.2. The number of halogens is 1. The summed E-state index contributed by atoms with van der Waals surface area (Å²) in [6.07, 6.45) is 1.88. The number of ether oxygens (including phenoxy) is 1. The van der Waals surface area contributed by atoms with Crippen LogP contribution in [0.1, 0.15) is 27.4 Å². The lowest BCUT2D eigenvalue weighted by molar-refractivity contribution is 0.112. The van der Waals surface area contributed by atoms with Crippen LogP contribution in [0.5, 0.6) is 5.75 Å². The van der Waals surface area contributed by atoms with Crippen molar-refractivity contribution in [3.63, 3.8) is 0 Å². The van der Waals surface area contributed by atoms with E-state index in [0.717, 1.165) is 41.8 Å². The second-order valence-corrected chi connectivity index (χ2v) is 7.01. The molecule has 1 aliphatic rings. The molecule has 0 fully saturated rings. The molecule has 0 amide bonds. The van der Waals surface area contributed by atoms with E-state index in [4.69, 9.17) is 4.74 Å². The zero-order chi connectivity index (χ0) is 15.5. The number of hydrogen-bond donors (Lipinski definition) is 0. The summed E-state index contributed by atoms with van der Waals surface area (Å²) in [5.41, 5.74) is 4.22. The molecule has 0 N–H and O–H groups in total. The normalized spacial score (nSPS) is 16.5. The molecular weight excluding hydrogens is 409 g/mol. The van der Waals surface area contributed by atoms with Gasteiger partial charge in [-0.15, -0.1) is 0 Å². The summed E-state index contributed by atoms with van der Waals surface area (Å²) >= 11 is 2.28. The first-order valence-electron chi connectivity index (χ1n) is 7.04. The fraction of sp³-hybridized carbons (Fsp3) is 0.235. The molecule has 1 heterocycles. The molecule has 1 aliphatic heterocycles. The predicted molar refractivity (Wildman–Crippen MR) is 100 cm³/mol. The van der Waals surface area contributed by atoms with E-state index in [-0.39, 0.29) is 0 Å². The molecule has 0 spiro atoms. The number of aldehydes is 1. The zero-order valence-electron chi connectivity index (χ0n) is 12.2. The monoisotopic (exact) mass is 425 g/mol. The van der Waals surface area contributed by atoms with Gasteiger partial charge in [0.25, 0.3) is 0 Å². The molecule has 22 heavy (non-hydrogen) atoms. The third-order valence-electron chi connectivity index (χ3n) is 4.01. The number of hydrogen-bond acceptors (Lipinski definition) is 4. The molecule has 2 aromatic carbocycles. The number of carbonyl (C=O) groups excluding carboxylic acids is 1. The van der Waals surface area contributed by atoms with E-state index in [1.165, 1.54) is 5.56 Å². The Balaban J connectivity index is 2.05. The van der Waals surface area contributed by atoms with E-state index in [2.05, 4.69) is 49.8 Å². The van der Waals surface area contributed by atoms with Gasteiger partial charge in [-0.1, -0.05) is 30.3 Å². The van der Waals surface area contributed by atoms with Crippen LogP contribution in [0.15, 0.2) is 42.5 Å². The summed E-state index contributed by atoms with van der Waals surface area (Å²) < 4.78 is 7.73. The van der Waals surface area contributed by atoms with Crippen molar-refractivity contribution in [3.05, 3.63) is 59.2 Å². The second kappa shape index (κ2) is 6.91. The predicted octanol–water partition coefficient (Wildman–Crippen LogP) is 4.65. The first-order chi connectivity index (χ1) is 10.8. The molecule has 0 saturated carbocycles. The van der Waals surface area contributed by atoms with E-state index < -0.39 is 0 Å². The minimum absolute atomic E-state index is 0.301. The lowest BCUT2D eigenvalue weighted by atomic mass is 9.90. The molecule has 1 atom stereocenters. The summed E-state index contributed by atoms with van der Waals surface area (Å²) in [5.74, 6) is 1.13. The van der Waals surface area contributed by atoms with Crippen LogP contribution in [0.25, 0.3) is 0 Å². The van der Waals surface area contributed by atoms with Gasteiger partial charge in [-0.25, -0.2) is 0 Å².